The van der Waals surface area contributed by atoms with Gasteiger partial charge in [0, 0.05) is 18.0 Å². The third-order valence-corrected chi connectivity index (χ3v) is 4.29. The van der Waals surface area contributed by atoms with Gasteiger partial charge in [-0.05, 0) is 51.5 Å². The average molecular weight is 271 g/mol. The monoisotopic (exact) mass is 271 g/mol. The Bertz CT molecular complexity index is 663. The molecule has 1 aromatic carbocycles. The van der Waals surface area contributed by atoms with E-state index in [9.17, 15) is 5.11 Å². The first kappa shape index (κ1) is 13.5. The standard InChI is InChI=1S/C17H21NO2/c1-15(2)11-17(19,16(3,4)20-15)13-7-8-14-12(10-13)6-5-9-18-14/h5-10,19H,11H2,1-4H3. The summed E-state index contributed by atoms with van der Waals surface area (Å²) in [4.78, 5) is 4.32. The molecule has 2 aromatic rings. The van der Waals surface area contributed by atoms with Crippen molar-refractivity contribution < 1.29 is 9.84 Å². The molecule has 106 valence electrons. The lowest BCUT2D eigenvalue weighted by Gasteiger charge is -2.35. The lowest BCUT2D eigenvalue weighted by molar-refractivity contribution is -0.129. The quantitative estimate of drug-likeness (QED) is 0.864. The van der Waals surface area contributed by atoms with Crippen LogP contribution in [0.3, 0.4) is 0 Å². The molecule has 1 unspecified atom stereocenters. The van der Waals surface area contributed by atoms with E-state index in [2.05, 4.69) is 4.98 Å². The van der Waals surface area contributed by atoms with Gasteiger partial charge in [0.2, 0.25) is 0 Å². The molecule has 1 saturated heterocycles. The Morgan fingerprint density at radius 1 is 1.15 bits per heavy atom. The van der Waals surface area contributed by atoms with E-state index >= 15 is 0 Å². The van der Waals surface area contributed by atoms with Crippen molar-refractivity contribution >= 4 is 10.9 Å². The third kappa shape index (κ3) is 1.93. The Morgan fingerprint density at radius 3 is 2.55 bits per heavy atom. The van der Waals surface area contributed by atoms with Crippen molar-refractivity contribution in [2.45, 2.75) is 50.9 Å². The highest BCUT2D eigenvalue weighted by atomic mass is 16.5. The zero-order valence-electron chi connectivity index (χ0n) is 12.5. The van der Waals surface area contributed by atoms with Crippen LogP contribution in [0.2, 0.25) is 0 Å². The largest absolute Gasteiger partial charge is 0.382 e. The number of hydrogen-bond donors (Lipinski definition) is 1. The minimum atomic E-state index is -0.986. The van der Waals surface area contributed by atoms with E-state index in [0.29, 0.717) is 6.42 Å². The van der Waals surface area contributed by atoms with Crippen molar-refractivity contribution in [2.75, 3.05) is 0 Å². The molecule has 0 amide bonds. The van der Waals surface area contributed by atoms with Crippen LogP contribution in [0.15, 0.2) is 36.5 Å². The molecular formula is C17H21NO2. The maximum Gasteiger partial charge on any atom is 0.121 e. The molecule has 2 heterocycles. The molecular weight excluding hydrogens is 250 g/mol. The molecule has 3 rings (SSSR count). The number of rotatable bonds is 1. The molecule has 20 heavy (non-hydrogen) atoms. The number of pyridine rings is 1. The number of fused-ring (bicyclic) bond motifs is 1. The van der Waals surface area contributed by atoms with Gasteiger partial charge < -0.3 is 9.84 Å². The van der Waals surface area contributed by atoms with Crippen LogP contribution < -0.4 is 0 Å². The summed E-state index contributed by atoms with van der Waals surface area (Å²) in [5.41, 5.74) is -0.0980. The molecule has 1 N–H and O–H groups in total. The minimum Gasteiger partial charge on any atom is -0.382 e. The smallest absolute Gasteiger partial charge is 0.121 e. The van der Waals surface area contributed by atoms with Crippen LogP contribution in [0, 0.1) is 0 Å². The molecule has 0 bridgehead atoms. The predicted molar refractivity (Wildman–Crippen MR) is 79.5 cm³/mol. The highest BCUT2D eigenvalue weighted by molar-refractivity contribution is 5.79. The molecule has 1 atom stereocenters. The second-order valence-corrected chi connectivity index (χ2v) is 6.82. The van der Waals surface area contributed by atoms with Crippen LogP contribution in [0.25, 0.3) is 10.9 Å². The summed E-state index contributed by atoms with van der Waals surface area (Å²) in [6.07, 6.45) is 2.36. The zero-order chi connectivity index (χ0) is 14.6. The fraction of sp³-hybridized carbons (Fsp3) is 0.471. The number of benzene rings is 1. The molecule has 0 aliphatic carbocycles. The number of ether oxygens (including phenoxy) is 1. The van der Waals surface area contributed by atoms with Gasteiger partial charge in [-0.2, -0.15) is 0 Å². The van der Waals surface area contributed by atoms with Crippen LogP contribution >= 0.6 is 0 Å². The van der Waals surface area contributed by atoms with Crippen LogP contribution in [0.5, 0.6) is 0 Å². The van der Waals surface area contributed by atoms with Gasteiger partial charge in [-0.25, -0.2) is 0 Å². The molecule has 1 aromatic heterocycles. The Morgan fingerprint density at radius 2 is 1.90 bits per heavy atom. The average Bonchev–Trinajstić information content (AvgIpc) is 2.53. The summed E-state index contributed by atoms with van der Waals surface area (Å²) in [6.45, 7) is 7.95. The number of aliphatic hydroxyl groups is 1. The van der Waals surface area contributed by atoms with Crippen LogP contribution in [0.4, 0.5) is 0 Å². The van der Waals surface area contributed by atoms with E-state index in [1.54, 1.807) is 6.20 Å². The molecule has 0 spiro atoms. The van der Waals surface area contributed by atoms with Gasteiger partial charge in [0.05, 0.1) is 16.7 Å². The molecule has 1 aliphatic heterocycles. The lowest BCUT2D eigenvalue weighted by Crippen LogP contribution is -2.43. The first-order valence-electron chi connectivity index (χ1n) is 7.01. The van der Waals surface area contributed by atoms with E-state index in [0.717, 1.165) is 16.5 Å². The molecule has 1 fully saturated rings. The van der Waals surface area contributed by atoms with Crippen LogP contribution in [0.1, 0.15) is 39.7 Å². The SMILES string of the molecule is CC1(C)CC(O)(c2ccc3ncccc3c2)C(C)(C)O1. The topological polar surface area (TPSA) is 42.4 Å². The second kappa shape index (κ2) is 4.03. The van der Waals surface area contributed by atoms with E-state index in [4.69, 9.17) is 4.74 Å². The van der Waals surface area contributed by atoms with E-state index in [-0.39, 0.29) is 5.60 Å². The molecule has 1 aliphatic rings. The first-order valence-corrected chi connectivity index (χ1v) is 7.01. The Balaban J connectivity index is 2.14. The lowest BCUT2D eigenvalue weighted by atomic mass is 9.77. The summed E-state index contributed by atoms with van der Waals surface area (Å²) >= 11 is 0. The summed E-state index contributed by atoms with van der Waals surface area (Å²) in [5.74, 6) is 0. The van der Waals surface area contributed by atoms with Crippen molar-refractivity contribution in [1.82, 2.24) is 4.98 Å². The number of aromatic nitrogens is 1. The van der Waals surface area contributed by atoms with Gasteiger partial charge in [-0.3, -0.25) is 4.98 Å². The van der Waals surface area contributed by atoms with Gasteiger partial charge in [0.1, 0.15) is 5.60 Å². The summed E-state index contributed by atoms with van der Waals surface area (Å²) in [6, 6.07) is 9.88. The molecule has 3 nitrogen and oxygen atoms in total. The summed E-state index contributed by atoms with van der Waals surface area (Å²) < 4.78 is 6.05. The highest BCUT2D eigenvalue weighted by Crippen LogP contribution is 2.51. The van der Waals surface area contributed by atoms with Crippen molar-refractivity contribution in [3.63, 3.8) is 0 Å². The summed E-state index contributed by atoms with van der Waals surface area (Å²) in [7, 11) is 0. The van der Waals surface area contributed by atoms with Crippen molar-refractivity contribution in [1.29, 1.82) is 0 Å². The molecule has 3 heteroatoms. The van der Waals surface area contributed by atoms with Gasteiger partial charge in [0.25, 0.3) is 0 Å². The van der Waals surface area contributed by atoms with Crippen LogP contribution in [-0.4, -0.2) is 21.3 Å². The normalized spacial score (nSPS) is 27.9. The fourth-order valence-corrected chi connectivity index (χ4v) is 3.42. The van der Waals surface area contributed by atoms with Crippen LogP contribution in [-0.2, 0) is 10.3 Å². The van der Waals surface area contributed by atoms with Crippen molar-refractivity contribution in [2.24, 2.45) is 0 Å². The third-order valence-electron chi connectivity index (χ3n) is 4.29. The Hall–Kier alpha value is -1.45. The van der Waals surface area contributed by atoms with Gasteiger partial charge >= 0.3 is 0 Å². The van der Waals surface area contributed by atoms with Gasteiger partial charge in [-0.1, -0.05) is 12.1 Å². The van der Waals surface area contributed by atoms with Gasteiger partial charge in [-0.15, -0.1) is 0 Å². The molecule has 0 radical (unpaired) electrons. The van der Waals surface area contributed by atoms with Gasteiger partial charge in [0.15, 0.2) is 0 Å². The van der Waals surface area contributed by atoms with E-state index in [1.165, 1.54) is 0 Å². The fourth-order valence-electron chi connectivity index (χ4n) is 3.42. The number of nitrogens with zero attached hydrogens (tertiary/aromatic N) is 1. The zero-order valence-corrected chi connectivity index (χ0v) is 12.5. The maximum atomic E-state index is 11.2. The highest BCUT2D eigenvalue weighted by Gasteiger charge is 2.57. The second-order valence-electron chi connectivity index (χ2n) is 6.82. The first-order chi connectivity index (χ1) is 9.24. The van der Waals surface area contributed by atoms with E-state index < -0.39 is 11.2 Å². The van der Waals surface area contributed by atoms with Crippen molar-refractivity contribution in [3.05, 3.63) is 42.1 Å². The Kier molecular flexibility index (Phi) is 2.72. The predicted octanol–water partition coefficient (Wildman–Crippen LogP) is 3.40. The maximum absolute atomic E-state index is 11.2. The minimum absolute atomic E-state index is 0.331. The van der Waals surface area contributed by atoms with E-state index in [1.807, 2.05) is 58.0 Å². The summed E-state index contributed by atoms with van der Waals surface area (Å²) in [5, 5.41) is 12.3. The van der Waals surface area contributed by atoms with Crippen molar-refractivity contribution in [3.8, 4) is 0 Å². The molecule has 0 saturated carbocycles. The Labute approximate surface area is 119 Å². The number of hydrogen-bond acceptors (Lipinski definition) is 3.